The van der Waals surface area contributed by atoms with Crippen LogP contribution in [0.4, 0.5) is 5.95 Å². The predicted octanol–water partition coefficient (Wildman–Crippen LogP) is -4.76. The minimum atomic E-state index is -5.18. The van der Waals surface area contributed by atoms with Gasteiger partial charge in [0.1, 0.15) is 17.7 Å². The molecule has 0 bridgehead atoms. The van der Waals surface area contributed by atoms with Gasteiger partial charge in [-0.05, 0) is 31.0 Å². The van der Waals surface area contributed by atoms with Gasteiger partial charge in [-0.2, -0.15) is 14.4 Å². The number of piperidine rings is 1. The van der Waals surface area contributed by atoms with Crippen LogP contribution in [-0.2, 0) is 26.2 Å². The Morgan fingerprint density at radius 1 is 1.13 bits per heavy atom. The van der Waals surface area contributed by atoms with Gasteiger partial charge in [0.2, 0.25) is 5.95 Å². The number of phosphoric acid groups is 1. The molecule has 0 spiro atoms. The summed E-state index contributed by atoms with van der Waals surface area (Å²) in [6.07, 6.45) is 9.43. The average Bonchev–Trinajstić information content (AvgIpc) is 3.70. The fourth-order valence-electron chi connectivity index (χ4n) is 4.80. The van der Waals surface area contributed by atoms with E-state index in [4.69, 9.17) is 9.15 Å². The zero-order valence-corrected chi connectivity index (χ0v) is 30.3. The number of nitrogens with zero attached hydrogens (tertiary/aromatic N) is 7. The van der Waals surface area contributed by atoms with Crippen LogP contribution >= 0.6 is 7.82 Å². The van der Waals surface area contributed by atoms with Crippen LogP contribution in [0.5, 0.6) is 5.75 Å². The smallest absolute Gasteiger partial charge is 0.790 e. The summed E-state index contributed by atoms with van der Waals surface area (Å²) in [7, 11) is -7.23. The number of hydrogen-bond acceptors (Lipinski definition) is 13. The summed E-state index contributed by atoms with van der Waals surface area (Å²) in [6.45, 7) is -0.113. The number of benzene rings is 1. The molecule has 0 saturated carbocycles. The van der Waals surface area contributed by atoms with Gasteiger partial charge >= 0.3 is 65.0 Å². The van der Waals surface area contributed by atoms with Crippen LogP contribution < -0.4 is 79.0 Å². The van der Waals surface area contributed by atoms with Crippen LogP contribution in [0.3, 0.4) is 0 Å². The number of aromatic nitrogens is 6. The van der Waals surface area contributed by atoms with Crippen LogP contribution in [0.25, 0.3) is 28.4 Å². The molecule has 6 rings (SSSR count). The van der Waals surface area contributed by atoms with Gasteiger partial charge < -0.3 is 33.3 Å². The van der Waals surface area contributed by atoms with Gasteiger partial charge in [0.25, 0.3) is 10.0 Å². The predicted molar refractivity (Wildman–Crippen MR) is 147 cm³/mol. The molecule has 5 heterocycles. The standard InChI is InChI=1S/C25H27N8O8PS.2Na/c1-31-9-7-21(30-31)43(37,38)32-8-3-5-19(15-32)28-24-26-13-18(14-27-24)23-22(29-25-33(23)10-11-39-25)17-4-2-6-20(12-17)40-16-41-42(34,35)36;;/h2,4,6-7,9-14,19H,3,5,8,15-16H2,1H3,(H,26,27,28)(H2,34,35,36);;/q;2*+1/p-2. The molecule has 20 heteroatoms. The van der Waals surface area contributed by atoms with Gasteiger partial charge in [-0.25, -0.2) is 18.4 Å². The summed E-state index contributed by atoms with van der Waals surface area (Å²) >= 11 is 0. The summed E-state index contributed by atoms with van der Waals surface area (Å²) in [5.74, 6) is 0.908. The van der Waals surface area contributed by atoms with Crippen molar-refractivity contribution in [3.63, 3.8) is 0 Å². The summed E-state index contributed by atoms with van der Waals surface area (Å²) < 4.78 is 56.3. The molecule has 1 aliphatic heterocycles. The molecule has 0 radical (unpaired) electrons. The third-order valence-corrected chi connectivity index (χ3v) is 8.92. The second kappa shape index (κ2) is 14.8. The number of aryl methyl sites for hydroxylation is 1. The number of imidazole rings is 1. The van der Waals surface area contributed by atoms with E-state index in [1.54, 1.807) is 60.5 Å². The Kier molecular flexibility index (Phi) is 11.7. The average molecular weight is 675 g/mol. The molecule has 45 heavy (non-hydrogen) atoms. The van der Waals surface area contributed by atoms with Gasteiger partial charge in [0.05, 0.1) is 13.5 Å². The molecule has 1 aromatic carbocycles. The first kappa shape index (κ1) is 35.7. The van der Waals surface area contributed by atoms with Crippen LogP contribution in [-0.4, -0.2) is 67.8 Å². The van der Waals surface area contributed by atoms with E-state index in [-0.39, 0.29) is 82.5 Å². The molecule has 1 aliphatic rings. The molecule has 4 aromatic heterocycles. The number of sulfonamides is 1. The summed E-state index contributed by atoms with van der Waals surface area (Å²) in [4.78, 5) is 35.0. The van der Waals surface area contributed by atoms with E-state index >= 15 is 0 Å². The topological polar surface area (TPSA) is 205 Å². The van der Waals surface area contributed by atoms with Crippen molar-refractivity contribution >= 4 is 29.6 Å². The molecule has 1 unspecified atom stereocenters. The second-order valence-corrected chi connectivity index (χ2v) is 12.7. The first-order chi connectivity index (χ1) is 20.6. The van der Waals surface area contributed by atoms with Gasteiger partial charge in [0.15, 0.2) is 11.8 Å². The van der Waals surface area contributed by atoms with Crippen molar-refractivity contribution in [1.29, 1.82) is 0 Å². The van der Waals surface area contributed by atoms with Crippen molar-refractivity contribution in [3.8, 4) is 28.3 Å². The first-order valence-electron chi connectivity index (χ1n) is 13.0. The van der Waals surface area contributed by atoms with E-state index in [2.05, 4.69) is 29.9 Å². The number of fused-ring (bicyclic) bond motifs is 1. The molecule has 226 valence electrons. The Labute approximate surface area is 302 Å². The molecular weight excluding hydrogens is 649 g/mol. The van der Waals surface area contributed by atoms with E-state index in [0.717, 1.165) is 6.42 Å². The van der Waals surface area contributed by atoms with Crippen molar-refractivity contribution < 1.29 is 95.6 Å². The van der Waals surface area contributed by atoms with E-state index < -0.39 is 24.6 Å². The zero-order valence-electron chi connectivity index (χ0n) is 24.6. The van der Waals surface area contributed by atoms with E-state index in [1.807, 2.05) is 0 Å². The monoisotopic (exact) mass is 674 g/mol. The second-order valence-electron chi connectivity index (χ2n) is 9.70. The van der Waals surface area contributed by atoms with Crippen molar-refractivity contribution in [1.82, 2.24) is 33.4 Å². The molecule has 5 aromatic rings. The number of nitrogens with one attached hydrogen (secondary N) is 1. The Bertz CT molecular complexity index is 1910. The van der Waals surface area contributed by atoms with Crippen molar-refractivity contribution in [2.75, 3.05) is 25.2 Å². The molecule has 1 N–H and O–H groups in total. The number of oxazole rings is 1. The van der Waals surface area contributed by atoms with Crippen molar-refractivity contribution in [2.45, 2.75) is 23.9 Å². The van der Waals surface area contributed by atoms with Crippen LogP contribution in [0.15, 0.2) is 70.8 Å². The first-order valence-corrected chi connectivity index (χ1v) is 15.9. The van der Waals surface area contributed by atoms with E-state index in [9.17, 15) is 22.8 Å². The molecule has 0 amide bonds. The summed E-state index contributed by atoms with van der Waals surface area (Å²) in [6, 6.07) is 7.91. The molecule has 1 saturated heterocycles. The fourth-order valence-corrected chi connectivity index (χ4v) is 6.46. The Hall–Kier alpha value is -2.12. The largest absolute Gasteiger partial charge is 1.00 e. The van der Waals surface area contributed by atoms with Crippen LogP contribution in [0, 0.1) is 0 Å². The maximum atomic E-state index is 13.0. The third-order valence-electron chi connectivity index (χ3n) is 6.74. The molecule has 0 aliphatic carbocycles. The van der Waals surface area contributed by atoms with Crippen LogP contribution in [0.1, 0.15) is 12.8 Å². The normalized spacial score (nSPS) is 15.8. The van der Waals surface area contributed by atoms with Crippen LogP contribution in [0.2, 0.25) is 0 Å². The summed E-state index contributed by atoms with van der Waals surface area (Å²) in [5, 5.41) is 7.31. The SMILES string of the molecule is Cn1ccc(S(=O)(=O)N2CCCC(Nc3ncc(-c4c(-c5cccc(OCOP(=O)([O-])[O-])c5)nc5occn45)cn3)C2)n1.[Na+].[Na+]. The number of rotatable bonds is 10. The van der Waals surface area contributed by atoms with Crippen molar-refractivity contribution in [2.24, 2.45) is 7.05 Å². The molecule has 1 fully saturated rings. The van der Waals surface area contributed by atoms with Crippen molar-refractivity contribution in [3.05, 3.63) is 61.4 Å². The molecule has 1 atom stereocenters. The van der Waals surface area contributed by atoms with E-state index in [1.165, 1.54) is 21.3 Å². The van der Waals surface area contributed by atoms with Gasteiger partial charge in [0, 0.05) is 62.1 Å². The van der Waals surface area contributed by atoms with Gasteiger partial charge in [-0.15, -0.1) is 0 Å². The quantitative estimate of drug-likeness (QED) is 0.0841. The fraction of sp³-hybridized carbons (Fsp3) is 0.280. The summed E-state index contributed by atoms with van der Waals surface area (Å²) in [5.41, 5.74) is 2.36. The maximum absolute atomic E-state index is 13.0. The minimum Gasteiger partial charge on any atom is -0.790 e. The minimum absolute atomic E-state index is 0. The Morgan fingerprint density at radius 2 is 1.91 bits per heavy atom. The number of hydrogen-bond donors (Lipinski definition) is 1. The van der Waals surface area contributed by atoms with Gasteiger partial charge in [-0.1, -0.05) is 12.1 Å². The number of anilines is 1. The van der Waals surface area contributed by atoms with Gasteiger partial charge in [-0.3, -0.25) is 9.08 Å². The zero-order chi connectivity index (χ0) is 30.2. The number of ether oxygens (including phenoxy) is 1. The Balaban J connectivity index is 0.00000230. The molecule has 16 nitrogen and oxygen atoms in total. The number of phosphoric ester groups is 1. The third kappa shape index (κ3) is 8.25. The maximum Gasteiger partial charge on any atom is 1.00 e. The van der Waals surface area contributed by atoms with E-state index in [0.29, 0.717) is 47.3 Å². The Morgan fingerprint density at radius 3 is 2.62 bits per heavy atom. The molecular formula is C25H25N8Na2O8PS.